The van der Waals surface area contributed by atoms with Gasteiger partial charge in [0.05, 0.1) is 32.3 Å². The number of benzene rings is 2. The molecule has 2 aromatic carbocycles. The van der Waals surface area contributed by atoms with Crippen molar-refractivity contribution in [2.75, 3.05) is 40.0 Å². The third kappa shape index (κ3) is 36.7. The molecular weight excluding hydrogens is 1390 g/mol. The first kappa shape index (κ1) is 91.2. The number of hydrogen-bond donors (Lipinski definition) is 21. The molecule has 107 heavy (non-hydrogen) atoms. The van der Waals surface area contributed by atoms with E-state index in [1.165, 1.54) is 95.7 Å². The monoisotopic (exact) mass is 1500 g/mol. The molecular formula is C72H117N19O16. The number of aromatic amines is 1. The molecule has 0 bridgehead atoms. The number of unbranched alkanes of at least 4 members (excludes halogenated alkanes) is 12. The number of aliphatic hydroxyl groups is 4. The van der Waals surface area contributed by atoms with E-state index < -0.39 is 151 Å². The average Bonchev–Trinajstić information content (AvgIpc) is 1.23. The zero-order chi connectivity index (χ0) is 79.2. The summed E-state index contributed by atoms with van der Waals surface area (Å²) in [4.78, 5) is 169. The number of nitrogens with one attached hydrogen (secondary N) is 12. The number of aromatic nitrogens is 2. The number of rotatable bonds is 54. The maximum atomic E-state index is 15.0. The maximum absolute atomic E-state index is 15.0. The lowest BCUT2D eigenvalue weighted by molar-refractivity contribution is -0.137. The summed E-state index contributed by atoms with van der Waals surface area (Å²) in [5.41, 5.74) is 23.7. The molecule has 35 heteroatoms. The van der Waals surface area contributed by atoms with Gasteiger partial charge in [-0.3, -0.25) is 62.7 Å². The molecule has 0 aliphatic rings. The predicted molar refractivity (Wildman–Crippen MR) is 400 cm³/mol. The fraction of sp³-hybridized carbons (Fsp3) is 0.611. The lowest BCUT2D eigenvalue weighted by Gasteiger charge is -2.29. The van der Waals surface area contributed by atoms with Crippen molar-refractivity contribution in [1.29, 1.82) is 0 Å². The largest absolute Gasteiger partial charge is 0.508 e. The van der Waals surface area contributed by atoms with Crippen LogP contribution in [-0.2, 0) is 72.0 Å². The number of carbonyl (C=O) groups is 11. The van der Waals surface area contributed by atoms with E-state index in [0.717, 1.165) is 32.1 Å². The number of hydrogen-bond acceptors (Lipinski definition) is 19. The number of phenolic OH excluding ortho intramolecular Hbond substituents is 1. The van der Waals surface area contributed by atoms with Crippen LogP contribution in [0.25, 0.3) is 0 Å². The molecule has 11 atom stereocenters. The van der Waals surface area contributed by atoms with Gasteiger partial charge in [0.15, 0.2) is 11.9 Å². The molecule has 0 fully saturated rings. The molecule has 0 unspecified atom stereocenters. The molecule has 25 N–H and O–H groups in total. The Labute approximate surface area is 625 Å². The van der Waals surface area contributed by atoms with Gasteiger partial charge in [-0.2, -0.15) is 0 Å². The van der Waals surface area contributed by atoms with E-state index in [9.17, 15) is 78.3 Å². The second kappa shape index (κ2) is 51.3. The van der Waals surface area contributed by atoms with E-state index in [4.69, 9.17) is 22.9 Å². The normalized spacial score (nSPS) is 14.2. The summed E-state index contributed by atoms with van der Waals surface area (Å²) in [6.45, 7) is 3.95. The molecule has 0 aliphatic heterocycles. The van der Waals surface area contributed by atoms with Crippen molar-refractivity contribution in [2.24, 2.45) is 38.8 Å². The van der Waals surface area contributed by atoms with Crippen LogP contribution in [-0.4, -0.2) is 219 Å². The third-order valence-electron chi connectivity index (χ3n) is 17.3. The van der Waals surface area contributed by atoms with Crippen LogP contribution in [0.5, 0.6) is 5.75 Å². The second-order valence-corrected chi connectivity index (χ2v) is 26.9. The van der Waals surface area contributed by atoms with Gasteiger partial charge in [0.25, 0.3) is 0 Å². The Morgan fingerprint density at radius 2 is 0.822 bits per heavy atom. The average molecular weight is 1500 g/mol. The van der Waals surface area contributed by atoms with Crippen LogP contribution in [0.3, 0.4) is 0 Å². The van der Waals surface area contributed by atoms with Crippen molar-refractivity contribution in [3.8, 4) is 5.75 Å². The van der Waals surface area contributed by atoms with Crippen molar-refractivity contribution in [3.63, 3.8) is 0 Å². The molecule has 1 heterocycles. The number of phenols is 1. The Hall–Kier alpha value is -10.00. The van der Waals surface area contributed by atoms with Gasteiger partial charge in [-0.25, -0.2) is 4.98 Å². The topological polar surface area (TPSA) is 579 Å². The zero-order valence-corrected chi connectivity index (χ0v) is 62.2. The van der Waals surface area contributed by atoms with Crippen molar-refractivity contribution in [2.45, 2.75) is 235 Å². The van der Waals surface area contributed by atoms with Crippen LogP contribution in [0.4, 0.5) is 0 Å². The lowest BCUT2D eigenvalue weighted by atomic mass is 10.0. The highest BCUT2D eigenvalue weighted by molar-refractivity contribution is 5.99. The highest BCUT2D eigenvalue weighted by Crippen LogP contribution is 2.17. The number of aliphatic hydroxyl groups excluding tert-OH is 4. The number of imidazole rings is 1. The maximum Gasteiger partial charge on any atom is 0.245 e. The Balaban J connectivity index is 1.95. The molecule has 596 valence electrons. The van der Waals surface area contributed by atoms with Gasteiger partial charge in [-0.15, -0.1) is 0 Å². The Kier molecular flexibility index (Phi) is 43.7. The zero-order valence-electron chi connectivity index (χ0n) is 62.2. The molecule has 0 radical (unpaired) electrons. The molecule has 0 saturated heterocycles. The van der Waals surface area contributed by atoms with E-state index in [2.05, 4.69) is 85.4 Å². The summed E-state index contributed by atoms with van der Waals surface area (Å²) >= 11 is 0. The molecule has 0 saturated carbocycles. The van der Waals surface area contributed by atoms with Crippen molar-refractivity contribution in [3.05, 3.63) is 83.9 Å². The van der Waals surface area contributed by atoms with Crippen molar-refractivity contribution < 1.29 is 78.3 Å². The van der Waals surface area contributed by atoms with Crippen molar-refractivity contribution in [1.82, 2.24) is 68.5 Å². The minimum atomic E-state index is -1.75. The highest BCUT2D eigenvalue weighted by atomic mass is 16.3. The first-order valence-electron chi connectivity index (χ1n) is 36.8. The summed E-state index contributed by atoms with van der Waals surface area (Å²) in [7, 11) is 1.27. The molecule has 3 aromatic rings. The van der Waals surface area contributed by atoms with Crippen LogP contribution in [0.15, 0.2) is 77.1 Å². The fourth-order valence-electron chi connectivity index (χ4n) is 11.4. The summed E-state index contributed by atoms with van der Waals surface area (Å²) < 4.78 is 0. The Morgan fingerprint density at radius 3 is 1.23 bits per heavy atom. The minimum absolute atomic E-state index is 0.0353. The van der Waals surface area contributed by atoms with E-state index in [1.807, 2.05) is 0 Å². The molecule has 3 rings (SSSR count). The van der Waals surface area contributed by atoms with Gasteiger partial charge in [-0.1, -0.05) is 140 Å². The van der Waals surface area contributed by atoms with Crippen LogP contribution in [0.2, 0.25) is 0 Å². The van der Waals surface area contributed by atoms with Gasteiger partial charge in [-0.05, 0) is 74.6 Å². The van der Waals surface area contributed by atoms with Crippen LogP contribution < -0.4 is 81.4 Å². The quantitative estimate of drug-likeness (QED) is 0.0161. The number of aromatic hydroxyl groups is 1. The number of nitrogens with zero attached hydrogens (tertiary/aromatic N) is 3. The first-order chi connectivity index (χ1) is 51.1. The van der Waals surface area contributed by atoms with Gasteiger partial charge in [0, 0.05) is 57.7 Å². The smallest absolute Gasteiger partial charge is 0.245 e. The number of aliphatic imine (C=N–C) groups is 2. The van der Waals surface area contributed by atoms with E-state index in [0.29, 0.717) is 23.2 Å². The summed E-state index contributed by atoms with van der Waals surface area (Å²) in [5, 5.41) is 79.0. The molecule has 35 nitrogen and oxygen atoms in total. The Bertz CT molecular complexity index is 3260. The highest BCUT2D eigenvalue weighted by Gasteiger charge is 2.37. The fourth-order valence-corrected chi connectivity index (χ4v) is 11.4. The molecule has 11 amide bonds. The number of H-pyrrole nitrogens is 1. The predicted octanol–water partition coefficient (Wildman–Crippen LogP) is -2.27. The summed E-state index contributed by atoms with van der Waals surface area (Å²) in [6.07, 6.45) is 14.5. The SMILES string of the molecule is CCCCCCCCCCCCCCCC(=O)N[C@@H](CO)C(=O)N[C@@H](CO)C(=O)N[C@@H](Cc1ccc(O)cc1)C(=O)N[C@@H](Cc1ccccc1)C(=O)N[C@@H](CCCN=C(N)N)C(=O)N[C@@H](CCCN=C(N)N)C(=O)N[C@@H](CC(C)C)C(=O)N[C@@H](Cc1cnc[nH]1)C(=O)N[C@@H](CO)C(=O)N[C@H](C(=O)NC)[C@@H](C)O. The second-order valence-electron chi connectivity index (χ2n) is 26.9. The first-order valence-corrected chi connectivity index (χ1v) is 36.8. The van der Waals surface area contributed by atoms with Gasteiger partial charge < -0.3 is 112 Å². The van der Waals surface area contributed by atoms with Gasteiger partial charge in [0.1, 0.15) is 66.2 Å². The van der Waals surface area contributed by atoms with Gasteiger partial charge in [0.2, 0.25) is 65.0 Å². The van der Waals surface area contributed by atoms with E-state index >= 15 is 0 Å². The summed E-state index contributed by atoms with van der Waals surface area (Å²) in [5.74, 6) is -11.2. The third-order valence-corrected chi connectivity index (χ3v) is 17.3. The minimum Gasteiger partial charge on any atom is -0.508 e. The number of likely N-dealkylation sites (N-methyl/N-ethyl adjacent to an activating group) is 1. The van der Waals surface area contributed by atoms with E-state index in [1.54, 1.807) is 44.2 Å². The van der Waals surface area contributed by atoms with Crippen molar-refractivity contribution >= 4 is 76.9 Å². The standard InChI is InChI=1S/C72H117N19O16/c1-6-7-8-9-10-11-12-13-14-15-16-17-21-28-59(97)82-56(40-92)67(104)90-57(41-93)68(105)87-54(37-47-29-31-49(96)32-30-47)65(102)86-53(36-46-24-19-18-20-25-46)64(101)84-50(26-22-33-79-71(73)74)61(98)83-51(27-23-34-80-72(75)76)62(99)85-52(35-44(2)3)63(100)88-55(38-48-39-78-43-81-48)66(103)89-58(42-94)69(106)91-60(45(4)95)70(107)77-5/h18-20,24-25,29-32,39,43-45,50-58,60,92-96H,6-17,21-23,26-28,33-38,40-42H2,1-5H3,(H,77,107)(H,78,81)(H,82,97)(H,83,98)(H,84,101)(H,85,99)(H,86,102)(H,87,105)(H,88,100)(H,89,103)(H,90,104)(H,91,106)(H4,73,74,79)(H4,75,76,80)/t45-,50+,51+,52+,53+,54+,55+,56+,57+,58+,60+/m1/s1. The van der Waals surface area contributed by atoms with E-state index in [-0.39, 0.29) is 94.5 Å². The Morgan fingerprint density at radius 1 is 0.449 bits per heavy atom. The molecule has 1 aromatic heterocycles. The summed E-state index contributed by atoms with van der Waals surface area (Å²) in [6, 6.07) is -1.71. The molecule has 0 spiro atoms. The van der Waals surface area contributed by atoms with Crippen LogP contribution in [0.1, 0.15) is 167 Å². The molecule has 0 aliphatic carbocycles. The number of amides is 11. The lowest BCUT2D eigenvalue weighted by Crippen LogP contribution is -2.62. The number of nitrogens with two attached hydrogens (primary N) is 4. The van der Waals surface area contributed by atoms with Crippen LogP contribution in [0, 0.1) is 5.92 Å². The number of guanidine groups is 2. The number of carbonyl (C=O) groups excluding carboxylic acids is 11. The van der Waals surface area contributed by atoms with Crippen LogP contribution >= 0.6 is 0 Å². The van der Waals surface area contributed by atoms with Gasteiger partial charge >= 0.3 is 0 Å².